The molecule has 2 aliphatic rings. The van der Waals surface area contributed by atoms with Crippen LogP contribution in [0.25, 0.3) is 0 Å². The lowest BCUT2D eigenvalue weighted by Crippen LogP contribution is -2.39. The number of alkyl halides is 6. The second-order valence-corrected chi connectivity index (χ2v) is 18.7. The smallest absolute Gasteiger partial charge is 0.417 e. The lowest BCUT2D eigenvalue weighted by atomic mass is 10.2. The Balaban J connectivity index is 0.000000194. The Morgan fingerprint density at radius 1 is 0.667 bits per heavy atom. The molecule has 1 amide bonds. The summed E-state index contributed by atoms with van der Waals surface area (Å²) in [7, 11) is -9.15. The number of amides is 1. The van der Waals surface area contributed by atoms with Gasteiger partial charge in [-0.1, -0.05) is 46.4 Å². The summed E-state index contributed by atoms with van der Waals surface area (Å²) in [5, 5.41) is 10.7. The zero-order valence-electron chi connectivity index (χ0n) is 34.1. The molecule has 0 spiro atoms. The summed E-state index contributed by atoms with van der Waals surface area (Å²) in [5.41, 5.74) is -4.50. The number of fused-ring (bicyclic) bond motifs is 2. The number of carbonyl (C=O) groups excluding carboxylic acids is 1. The number of carboxylic acids is 1. The third-order valence-corrected chi connectivity index (χ3v) is 12.8. The molecule has 364 valence electrons. The number of aromatic carboxylic acids is 1. The first-order valence-electron chi connectivity index (χ1n) is 18.9. The van der Waals surface area contributed by atoms with E-state index in [0.29, 0.717) is 17.9 Å². The fourth-order valence-corrected chi connectivity index (χ4v) is 8.84. The molecular weight excluding hydrogens is 1060 g/mol. The van der Waals surface area contributed by atoms with Crippen LogP contribution in [0.3, 0.4) is 0 Å². The van der Waals surface area contributed by atoms with E-state index < -0.39 is 86.6 Å². The fourth-order valence-electron chi connectivity index (χ4n) is 5.91. The van der Waals surface area contributed by atoms with Crippen LogP contribution in [0, 0.1) is 0 Å². The average Bonchev–Trinajstić information content (AvgIpc) is 3.28. The van der Waals surface area contributed by atoms with Crippen molar-refractivity contribution in [2.45, 2.75) is 22.1 Å². The van der Waals surface area contributed by atoms with Crippen molar-refractivity contribution in [1.82, 2.24) is 19.9 Å². The van der Waals surface area contributed by atoms with Gasteiger partial charge >= 0.3 is 18.3 Å². The Kier molecular flexibility index (Phi) is 15.9. The van der Waals surface area contributed by atoms with Gasteiger partial charge in [-0.15, -0.1) is 0 Å². The van der Waals surface area contributed by atoms with Crippen LogP contribution in [0.2, 0.25) is 20.1 Å². The number of anilines is 4. The zero-order chi connectivity index (χ0) is 50.5. The van der Waals surface area contributed by atoms with Crippen LogP contribution >= 0.6 is 46.4 Å². The highest BCUT2D eigenvalue weighted by Gasteiger charge is 2.36. The van der Waals surface area contributed by atoms with Crippen molar-refractivity contribution >= 4 is 101 Å². The Bertz CT molecular complexity index is 3140. The maximum absolute atomic E-state index is 13.3. The number of nitrogens with one attached hydrogen (secondary N) is 3. The number of aromatic nitrogens is 4. The summed E-state index contributed by atoms with van der Waals surface area (Å²) >= 11 is 22.6. The third kappa shape index (κ3) is 12.8. The summed E-state index contributed by atoms with van der Waals surface area (Å²) < 4.78 is 143. The largest absolute Gasteiger partial charge is 0.488 e. The molecule has 29 heteroatoms. The van der Waals surface area contributed by atoms with Gasteiger partial charge in [-0.3, -0.25) is 19.1 Å². The molecule has 0 saturated carbocycles. The van der Waals surface area contributed by atoms with E-state index in [1.807, 2.05) is 16.9 Å². The fraction of sp³-hybridized carbons (Fsp3) is 0.150. The molecule has 0 unspecified atom stereocenters. The minimum absolute atomic E-state index is 0.0122. The first kappa shape index (κ1) is 52.0. The summed E-state index contributed by atoms with van der Waals surface area (Å²) in [6.45, 7) is 1.85. The monoisotopic (exact) mass is 1080 g/mol. The normalized spacial score (nSPS) is 13.3. The predicted octanol–water partition coefficient (Wildman–Crippen LogP) is 9.43. The Morgan fingerprint density at radius 3 is 1.68 bits per heavy atom. The molecule has 0 radical (unpaired) electrons. The number of ether oxygens (including phenoxy) is 2. The molecule has 17 nitrogen and oxygen atoms in total. The molecule has 6 heterocycles. The maximum atomic E-state index is 13.3. The van der Waals surface area contributed by atoms with Gasteiger partial charge in [0.2, 0.25) is 0 Å². The van der Waals surface area contributed by atoms with E-state index in [2.05, 4.69) is 30.0 Å². The van der Waals surface area contributed by atoms with E-state index in [1.165, 1.54) is 11.1 Å². The molecule has 6 aromatic rings. The first-order valence-corrected chi connectivity index (χ1v) is 23.4. The van der Waals surface area contributed by atoms with Gasteiger partial charge in [-0.05, 0) is 72.8 Å². The van der Waals surface area contributed by atoms with E-state index in [-0.39, 0.29) is 40.4 Å². The van der Waals surface area contributed by atoms with Crippen LogP contribution in [-0.2, 0) is 32.4 Å². The SMILES string of the molecule is O=C(O)c1ncc(Cl)cc1NS(=O)(=O)c1ccc(Cl)c(C(F)(F)F)c1.O=C(c1ncc(Cl)cc1NS(=O)(=O)c1ccc(Cl)c(C(F)(F)F)c1)N1CCOc2cccnc21.c1cnc2c(c1)OCCN2. The van der Waals surface area contributed by atoms with Gasteiger partial charge in [0.15, 0.2) is 34.5 Å². The Morgan fingerprint density at radius 2 is 1.16 bits per heavy atom. The number of carboxylic acid groups (broad SMARTS) is 1. The van der Waals surface area contributed by atoms with Gasteiger partial charge in [0.25, 0.3) is 26.0 Å². The highest BCUT2D eigenvalue weighted by Crippen LogP contribution is 2.38. The van der Waals surface area contributed by atoms with Crippen molar-refractivity contribution in [2.24, 2.45) is 0 Å². The second kappa shape index (κ2) is 21.1. The number of benzene rings is 2. The number of nitrogens with zero attached hydrogens (tertiary/aromatic N) is 5. The lowest BCUT2D eigenvalue weighted by Gasteiger charge is -2.28. The Hall–Kier alpha value is -6.38. The van der Waals surface area contributed by atoms with Crippen molar-refractivity contribution in [3.05, 3.63) is 140 Å². The molecule has 0 atom stereocenters. The van der Waals surface area contributed by atoms with Crippen LogP contribution in [-0.4, -0.2) is 80.1 Å². The summed E-state index contributed by atoms with van der Waals surface area (Å²) in [6, 6.07) is 13.2. The number of pyridine rings is 4. The van der Waals surface area contributed by atoms with Gasteiger partial charge in [-0.25, -0.2) is 41.6 Å². The van der Waals surface area contributed by atoms with Gasteiger partial charge < -0.3 is 19.9 Å². The molecule has 0 bridgehead atoms. The quantitative estimate of drug-likeness (QED) is 0.104. The summed E-state index contributed by atoms with van der Waals surface area (Å²) in [6.07, 6.45) is -4.43. The lowest BCUT2D eigenvalue weighted by molar-refractivity contribution is -0.138. The average molecular weight is 1080 g/mol. The predicted molar refractivity (Wildman–Crippen MR) is 240 cm³/mol. The van der Waals surface area contributed by atoms with Gasteiger partial charge in [0, 0.05) is 24.8 Å². The van der Waals surface area contributed by atoms with Gasteiger partial charge in [0.1, 0.15) is 13.2 Å². The van der Waals surface area contributed by atoms with E-state index in [4.69, 9.17) is 61.0 Å². The highest BCUT2D eigenvalue weighted by molar-refractivity contribution is 7.93. The van der Waals surface area contributed by atoms with Crippen LogP contribution in [0.5, 0.6) is 11.5 Å². The molecule has 0 saturated heterocycles. The van der Waals surface area contributed by atoms with Gasteiger partial charge in [0.05, 0.1) is 65.5 Å². The Labute approximate surface area is 406 Å². The first-order chi connectivity index (χ1) is 32.4. The minimum atomic E-state index is -4.88. The maximum Gasteiger partial charge on any atom is 0.417 e. The number of halogens is 10. The van der Waals surface area contributed by atoms with Crippen molar-refractivity contribution in [1.29, 1.82) is 0 Å². The minimum Gasteiger partial charge on any atom is -0.488 e. The molecule has 2 aromatic carbocycles. The molecule has 4 N–H and O–H groups in total. The molecule has 69 heavy (non-hydrogen) atoms. The van der Waals surface area contributed by atoms with Crippen LogP contribution < -0.4 is 29.1 Å². The molecule has 2 aliphatic heterocycles. The summed E-state index contributed by atoms with van der Waals surface area (Å²) in [4.78, 5) is 39.7. The number of carbonyl (C=O) groups is 2. The van der Waals surface area contributed by atoms with E-state index in [9.17, 15) is 52.8 Å². The molecule has 0 aliphatic carbocycles. The number of hydrogen-bond donors (Lipinski definition) is 4. The van der Waals surface area contributed by atoms with E-state index >= 15 is 0 Å². The third-order valence-electron chi connectivity index (χ3n) is 8.96. The second-order valence-electron chi connectivity index (χ2n) is 13.7. The van der Waals surface area contributed by atoms with Crippen LogP contribution in [0.15, 0.2) is 107 Å². The zero-order valence-corrected chi connectivity index (χ0v) is 38.8. The molecular formula is C40H28Cl4F6N8O9S2. The standard InChI is InChI=1S/C20H13Cl2F3N4O4S.C13H7Cl2F3N2O4S.C7H8N2O/c21-11-8-15(28-34(31,32)12-3-4-14(22)13(9-12)20(23,24)25)17(27-10-11)19(30)29-6-7-33-16-2-1-5-26-18(16)29;14-6-3-10(11(12(21)22)19-5-6)20-25(23,24)7-1-2-9(15)8(4-7)13(16,17)18;1-2-6-7(8-3-1)9-4-5-10-6/h1-5,8-10,28H,6-7H2;1-5,20H,(H,21,22);1-3H,4-5H2,(H,8,9). The van der Waals surface area contributed by atoms with E-state index in [1.54, 1.807) is 18.3 Å². The van der Waals surface area contributed by atoms with Crippen molar-refractivity contribution in [2.75, 3.05) is 46.0 Å². The van der Waals surface area contributed by atoms with Crippen molar-refractivity contribution in [3.8, 4) is 11.5 Å². The topological polar surface area (TPSA) is 232 Å². The van der Waals surface area contributed by atoms with Crippen molar-refractivity contribution < 1.29 is 67.3 Å². The molecule has 4 aromatic heterocycles. The molecule has 8 rings (SSSR count). The van der Waals surface area contributed by atoms with Crippen LogP contribution in [0.4, 0.5) is 49.4 Å². The van der Waals surface area contributed by atoms with Gasteiger partial charge in [-0.2, -0.15) is 26.3 Å². The van der Waals surface area contributed by atoms with E-state index in [0.717, 1.165) is 73.5 Å². The highest BCUT2D eigenvalue weighted by atomic mass is 35.5. The number of sulfonamides is 2. The van der Waals surface area contributed by atoms with Crippen molar-refractivity contribution in [3.63, 3.8) is 0 Å². The number of rotatable bonds is 8. The van der Waals surface area contributed by atoms with Crippen LogP contribution in [0.1, 0.15) is 32.1 Å². The number of hydrogen-bond acceptors (Lipinski definition) is 13. The summed E-state index contributed by atoms with van der Waals surface area (Å²) in [5.74, 6) is -0.00970. The molecule has 0 fully saturated rings.